The average molecular weight is 373 g/mol. The summed E-state index contributed by atoms with van der Waals surface area (Å²) in [5.41, 5.74) is 1.43. The Kier molecular flexibility index (Phi) is 6.30. The highest BCUT2D eigenvalue weighted by atomic mass is 14.6. The Morgan fingerprint density at radius 3 is 2.30 bits per heavy atom. The largest absolute Gasteiger partial charge is 0.0654 e. The molecule has 4 rings (SSSR count). The van der Waals surface area contributed by atoms with E-state index in [1.54, 1.807) is 57.8 Å². The van der Waals surface area contributed by atoms with Gasteiger partial charge in [-0.1, -0.05) is 72.1 Å². The molecule has 0 heteroatoms. The van der Waals surface area contributed by atoms with Crippen LogP contribution in [0.25, 0.3) is 0 Å². The van der Waals surface area contributed by atoms with Crippen LogP contribution in [0.2, 0.25) is 0 Å². The summed E-state index contributed by atoms with van der Waals surface area (Å²) < 4.78 is 0. The molecule has 0 spiro atoms. The maximum absolute atomic E-state index is 2.75. The average Bonchev–Trinajstić information content (AvgIpc) is 3.00. The molecule has 0 radical (unpaired) electrons. The summed E-state index contributed by atoms with van der Waals surface area (Å²) in [6, 6.07) is 0. The van der Waals surface area contributed by atoms with Crippen molar-refractivity contribution in [1.29, 1.82) is 0 Å². The predicted octanol–water partition coefficient (Wildman–Crippen LogP) is 8.79. The Balaban J connectivity index is 1.36. The number of unbranched alkanes of at least 4 members (excludes halogenated alkanes) is 5. The van der Waals surface area contributed by atoms with Gasteiger partial charge in [-0.05, 0) is 98.2 Å². The van der Waals surface area contributed by atoms with Gasteiger partial charge in [0.05, 0.1) is 0 Å². The second-order valence-electron chi connectivity index (χ2n) is 11.8. The van der Waals surface area contributed by atoms with Gasteiger partial charge in [-0.3, -0.25) is 0 Å². The van der Waals surface area contributed by atoms with Crippen LogP contribution < -0.4 is 0 Å². The highest BCUT2D eigenvalue weighted by Crippen LogP contribution is 2.67. The minimum Gasteiger partial charge on any atom is -0.0654 e. The highest BCUT2D eigenvalue weighted by Gasteiger charge is 2.59. The third-order valence-electron chi connectivity index (χ3n) is 10.7. The molecule has 156 valence electrons. The molecule has 4 aliphatic carbocycles. The number of fused-ring (bicyclic) bond motifs is 5. The van der Waals surface area contributed by atoms with Gasteiger partial charge >= 0.3 is 0 Å². The first-order chi connectivity index (χ1) is 13.1. The normalized spacial score (nSPS) is 46.6. The fourth-order valence-corrected chi connectivity index (χ4v) is 9.05. The Hall–Kier alpha value is 0. The lowest BCUT2D eigenvalue weighted by molar-refractivity contribution is -0.111. The van der Waals surface area contributed by atoms with Gasteiger partial charge in [-0.25, -0.2) is 0 Å². The van der Waals surface area contributed by atoms with E-state index in [0.717, 1.165) is 35.0 Å². The van der Waals surface area contributed by atoms with Crippen LogP contribution in [0.15, 0.2) is 0 Å². The molecule has 0 bridgehead atoms. The van der Waals surface area contributed by atoms with Crippen molar-refractivity contribution in [1.82, 2.24) is 0 Å². The minimum atomic E-state index is 0.711. The van der Waals surface area contributed by atoms with E-state index in [4.69, 9.17) is 0 Å². The summed E-state index contributed by atoms with van der Waals surface area (Å²) in [4.78, 5) is 0. The van der Waals surface area contributed by atoms with Crippen molar-refractivity contribution >= 4 is 0 Å². The van der Waals surface area contributed by atoms with Crippen LogP contribution in [0.4, 0.5) is 0 Å². The first kappa shape index (κ1) is 20.3. The van der Waals surface area contributed by atoms with Gasteiger partial charge < -0.3 is 0 Å². The van der Waals surface area contributed by atoms with E-state index in [0.29, 0.717) is 5.41 Å². The van der Waals surface area contributed by atoms with E-state index in [1.165, 1.54) is 51.4 Å². The lowest BCUT2D eigenvalue weighted by atomic mass is 9.45. The smallest absolute Gasteiger partial charge is 0.0266 e. The van der Waals surface area contributed by atoms with E-state index < -0.39 is 0 Å². The van der Waals surface area contributed by atoms with Gasteiger partial charge in [0.2, 0.25) is 0 Å². The molecule has 27 heavy (non-hydrogen) atoms. The van der Waals surface area contributed by atoms with Crippen molar-refractivity contribution in [3.8, 4) is 0 Å². The van der Waals surface area contributed by atoms with Gasteiger partial charge in [0, 0.05) is 0 Å². The van der Waals surface area contributed by atoms with Crippen LogP contribution in [0.5, 0.6) is 0 Å². The monoisotopic (exact) mass is 372 g/mol. The third kappa shape index (κ3) is 3.66. The van der Waals surface area contributed by atoms with Crippen LogP contribution >= 0.6 is 0 Å². The Morgan fingerprint density at radius 1 is 0.667 bits per heavy atom. The summed E-state index contributed by atoms with van der Waals surface area (Å²) in [5.74, 6) is 5.41. The van der Waals surface area contributed by atoms with Crippen LogP contribution in [0.1, 0.15) is 130 Å². The number of hydrogen-bond donors (Lipinski definition) is 0. The molecule has 4 fully saturated rings. The first-order valence-electron chi connectivity index (χ1n) is 13.1. The molecule has 7 atom stereocenters. The van der Waals surface area contributed by atoms with Crippen LogP contribution in [-0.2, 0) is 0 Å². The van der Waals surface area contributed by atoms with Crippen LogP contribution in [0, 0.1) is 40.4 Å². The van der Waals surface area contributed by atoms with E-state index >= 15 is 0 Å². The standard InChI is InChI=1S/C27H48/c1-4-5-6-7-8-9-12-22-15-17-24-23-16-14-21-13-10-11-19-26(21,2)25(23)18-20-27(22,24)3/h21-25H,4-20H2,1-3H3/t21-,22+,23?,24?,25?,26+,27-/m1/s1. The molecule has 0 N–H and O–H groups in total. The van der Waals surface area contributed by atoms with Crippen molar-refractivity contribution in [3.05, 3.63) is 0 Å². The van der Waals surface area contributed by atoms with Crippen molar-refractivity contribution in [2.24, 2.45) is 40.4 Å². The molecule has 0 aromatic carbocycles. The molecule has 0 heterocycles. The van der Waals surface area contributed by atoms with E-state index in [1.807, 2.05) is 0 Å². The zero-order valence-corrected chi connectivity index (χ0v) is 18.9. The van der Waals surface area contributed by atoms with E-state index in [9.17, 15) is 0 Å². The first-order valence-corrected chi connectivity index (χ1v) is 13.1. The Morgan fingerprint density at radius 2 is 1.44 bits per heavy atom. The maximum atomic E-state index is 2.75. The Bertz CT molecular complexity index is 480. The van der Waals surface area contributed by atoms with Gasteiger partial charge in [-0.2, -0.15) is 0 Å². The van der Waals surface area contributed by atoms with Crippen molar-refractivity contribution in [2.45, 2.75) is 130 Å². The quantitative estimate of drug-likeness (QED) is 0.392. The molecular weight excluding hydrogens is 324 g/mol. The van der Waals surface area contributed by atoms with Crippen molar-refractivity contribution in [2.75, 3.05) is 0 Å². The van der Waals surface area contributed by atoms with E-state index in [2.05, 4.69) is 20.8 Å². The number of hydrogen-bond acceptors (Lipinski definition) is 0. The van der Waals surface area contributed by atoms with Gasteiger partial charge in [0.25, 0.3) is 0 Å². The zero-order chi connectivity index (χ0) is 18.9. The van der Waals surface area contributed by atoms with Crippen molar-refractivity contribution < 1.29 is 0 Å². The van der Waals surface area contributed by atoms with Gasteiger partial charge in [0.15, 0.2) is 0 Å². The summed E-state index contributed by atoms with van der Waals surface area (Å²) in [7, 11) is 0. The third-order valence-corrected chi connectivity index (χ3v) is 10.7. The highest BCUT2D eigenvalue weighted by molar-refractivity contribution is 5.08. The molecule has 4 aliphatic rings. The SMILES string of the molecule is CCCCCCCC[C@H]1CCC2C3CC[C@H]4CCCC[C@]4(C)C3CC[C@@]21C. The molecule has 0 aliphatic heterocycles. The molecule has 0 nitrogen and oxygen atoms in total. The lowest BCUT2D eigenvalue weighted by Crippen LogP contribution is -2.52. The van der Waals surface area contributed by atoms with Crippen LogP contribution in [-0.4, -0.2) is 0 Å². The summed E-state index contributed by atoms with van der Waals surface area (Å²) in [6.07, 6.45) is 26.0. The molecule has 0 aromatic heterocycles. The molecule has 4 saturated carbocycles. The van der Waals surface area contributed by atoms with E-state index in [-0.39, 0.29) is 0 Å². The topological polar surface area (TPSA) is 0 Å². The number of rotatable bonds is 7. The summed E-state index contributed by atoms with van der Waals surface area (Å²) in [6.45, 7) is 7.81. The predicted molar refractivity (Wildman–Crippen MR) is 118 cm³/mol. The molecule has 3 unspecified atom stereocenters. The lowest BCUT2D eigenvalue weighted by Gasteiger charge is -2.60. The van der Waals surface area contributed by atoms with Crippen LogP contribution in [0.3, 0.4) is 0 Å². The minimum absolute atomic E-state index is 0.711. The van der Waals surface area contributed by atoms with Gasteiger partial charge in [-0.15, -0.1) is 0 Å². The molecule has 0 aromatic rings. The molecule has 0 amide bonds. The summed E-state index contributed by atoms with van der Waals surface area (Å²) >= 11 is 0. The fourth-order valence-electron chi connectivity index (χ4n) is 9.05. The fraction of sp³-hybridized carbons (Fsp3) is 1.00. The maximum Gasteiger partial charge on any atom is -0.0266 e. The second kappa shape index (κ2) is 8.39. The molecule has 0 saturated heterocycles. The van der Waals surface area contributed by atoms with Crippen molar-refractivity contribution in [3.63, 3.8) is 0 Å². The second-order valence-corrected chi connectivity index (χ2v) is 11.8. The molecular formula is C27H48. The summed E-state index contributed by atoms with van der Waals surface area (Å²) in [5, 5.41) is 0. The Labute approximate surface area is 170 Å². The zero-order valence-electron chi connectivity index (χ0n) is 18.9. The van der Waals surface area contributed by atoms with Gasteiger partial charge in [0.1, 0.15) is 0 Å².